The molecule has 1 aliphatic rings. The fourth-order valence-corrected chi connectivity index (χ4v) is 3.52. The first-order valence-corrected chi connectivity index (χ1v) is 9.84. The number of benzene rings is 1. The molecule has 0 atom stereocenters. The zero-order chi connectivity index (χ0) is 22.9. The number of hydrogen-bond acceptors (Lipinski definition) is 7. The molecular formula is C22H21FN6O3. The van der Waals surface area contributed by atoms with Crippen molar-refractivity contribution in [1.82, 2.24) is 20.3 Å². The number of halogens is 1. The van der Waals surface area contributed by atoms with E-state index in [0.717, 1.165) is 12.4 Å². The van der Waals surface area contributed by atoms with Gasteiger partial charge in [-0.2, -0.15) is 0 Å². The summed E-state index contributed by atoms with van der Waals surface area (Å²) in [5, 5.41) is 5.78. The first kappa shape index (κ1) is 21.2. The molecule has 32 heavy (non-hydrogen) atoms. The van der Waals surface area contributed by atoms with Gasteiger partial charge in [0.25, 0.3) is 5.91 Å². The van der Waals surface area contributed by atoms with E-state index in [1.807, 2.05) is 0 Å². The van der Waals surface area contributed by atoms with Crippen molar-refractivity contribution in [1.29, 1.82) is 0 Å². The fourth-order valence-electron chi connectivity index (χ4n) is 3.52. The molecule has 9 nitrogen and oxygen atoms in total. The van der Waals surface area contributed by atoms with E-state index >= 15 is 0 Å². The van der Waals surface area contributed by atoms with E-state index in [1.54, 1.807) is 24.3 Å². The number of para-hydroxylation sites is 1. The van der Waals surface area contributed by atoms with Gasteiger partial charge in [-0.05, 0) is 31.0 Å². The van der Waals surface area contributed by atoms with Crippen molar-refractivity contribution in [3.8, 4) is 17.1 Å². The van der Waals surface area contributed by atoms with Crippen LogP contribution in [-0.2, 0) is 10.2 Å². The van der Waals surface area contributed by atoms with Gasteiger partial charge >= 0.3 is 0 Å². The molecule has 3 aromatic rings. The highest BCUT2D eigenvalue weighted by Crippen LogP contribution is 2.48. The van der Waals surface area contributed by atoms with Gasteiger partial charge in [0.05, 0.1) is 53.1 Å². The number of hydrogen-bond donors (Lipinski definition) is 3. The maximum atomic E-state index is 13.3. The molecule has 2 amide bonds. The van der Waals surface area contributed by atoms with Crippen LogP contribution < -0.4 is 21.1 Å². The highest BCUT2D eigenvalue weighted by Gasteiger charge is 2.51. The van der Waals surface area contributed by atoms with Crippen LogP contribution in [0.1, 0.15) is 28.9 Å². The molecule has 1 saturated carbocycles. The number of carbonyl (C=O) groups is 2. The van der Waals surface area contributed by atoms with Crippen LogP contribution in [0.25, 0.3) is 11.4 Å². The number of nitrogens with zero attached hydrogens (tertiary/aromatic N) is 3. The van der Waals surface area contributed by atoms with Crippen molar-refractivity contribution in [3.63, 3.8) is 0 Å². The molecule has 10 heteroatoms. The fraction of sp³-hybridized carbons (Fsp3) is 0.227. The minimum Gasteiger partial charge on any atom is -0.494 e. The van der Waals surface area contributed by atoms with Crippen LogP contribution in [0.2, 0.25) is 0 Å². The monoisotopic (exact) mass is 436 g/mol. The van der Waals surface area contributed by atoms with Gasteiger partial charge in [-0.25, -0.2) is 14.4 Å². The second-order valence-corrected chi connectivity index (χ2v) is 7.38. The molecule has 0 saturated heterocycles. The summed E-state index contributed by atoms with van der Waals surface area (Å²) in [6.07, 6.45) is 4.77. The second-order valence-electron chi connectivity index (χ2n) is 7.38. The summed E-state index contributed by atoms with van der Waals surface area (Å²) < 4.78 is 18.8. The van der Waals surface area contributed by atoms with Gasteiger partial charge in [0.1, 0.15) is 0 Å². The van der Waals surface area contributed by atoms with E-state index in [-0.39, 0.29) is 17.3 Å². The van der Waals surface area contributed by atoms with Crippen molar-refractivity contribution >= 4 is 23.2 Å². The predicted octanol–water partition coefficient (Wildman–Crippen LogP) is 2.31. The molecule has 1 fully saturated rings. The smallest absolute Gasteiger partial charge is 0.254 e. The molecule has 0 bridgehead atoms. The van der Waals surface area contributed by atoms with Gasteiger partial charge in [0.15, 0.2) is 17.4 Å². The molecule has 0 aliphatic heterocycles. The normalized spacial score (nSPS) is 13.8. The number of anilines is 2. The number of nitrogens with two attached hydrogens (primary N) is 1. The third-order valence-corrected chi connectivity index (χ3v) is 5.44. The third-order valence-electron chi connectivity index (χ3n) is 5.44. The Balaban J connectivity index is 1.79. The summed E-state index contributed by atoms with van der Waals surface area (Å²) in [4.78, 5) is 36.8. The summed E-state index contributed by atoms with van der Waals surface area (Å²) in [6.45, 7) is 0. The molecule has 1 aliphatic carbocycles. The molecule has 1 aromatic carbocycles. The Morgan fingerprint density at radius 2 is 1.84 bits per heavy atom. The number of methoxy groups -OCH3 is 1. The van der Waals surface area contributed by atoms with Gasteiger partial charge in [-0.15, -0.1) is 0 Å². The summed E-state index contributed by atoms with van der Waals surface area (Å²) in [6, 6.07) is 6.89. The number of carbonyl (C=O) groups excluding carboxylic acids is 2. The van der Waals surface area contributed by atoms with Crippen LogP contribution in [0, 0.1) is 5.82 Å². The average molecular weight is 436 g/mol. The van der Waals surface area contributed by atoms with Crippen LogP contribution in [0.3, 0.4) is 0 Å². The number of nitrogens with one attached hydrogen (secondary N) is 2. The van der Waals surface area contributed by atoms with E-state index < -0.39 is 17.1 Å². The summed E-state index contributed by atoms with van der Waals surface area (Å²) in [7, 11) is 3.00. The number of rotatable bonds is 7. The Hall–Kier alpha value is -4.08. The Kier molecular flexibility index (Phi) is 5.43. The first-order valence-electron chi connectivity index (χ1n) is 9.84. The van der Waals surface area contributed by atoms with Crippen molar-refractivity contribution in [3.05, 3.63) is 59.9 Å². The summed E-state index contributed by atoms with van der Waals surface area (Å²) >= 11 is 0. The molecule has 164 valence electrons. The van der Waals surface area contributed by atoms with Crippen LogP contribution in [-0.4, -0.2) is 40.9 Å². The van der Waals surface area contributed by atoms with E-state index in [4.69, 9.17) is 10.5 Å². The molecule has 4 rings (SSSR count). The van der Waals surface area contributed by atoms with E-state index in [1.165, 1.54) is 20.4 Å². The zero-order valence-electron chi connectivity index (χ0n) is 17.5. The molecule has 4 N–H and O–H groups in total. The molecule has 0 unspecified atom stereocenters. The van der Waals surface area contributed by atoms with E-state index in [2.05, 4.69) is 25.6 Å². The number of amides is 2. The van der Waals surface area contributed by atoms with Gasteiger partial charge in [-0.3, -0.25) is 14.6 Å². The Morgan fingerprint density at radius 3 is 2.44 bits per heavy atom. The number of primary amides is 1. The second kappa shape index (κ2) is 8.22. The van der Waals surface area contributed by atoms with Crippen LogP contribution in [0.15, 0.2) is 42.9 Å². The SMILES string of the molecule is CNC(=O)c1cnc(C2(C(N)=O)CC2)cc1Nc1cccc(-c2ncc(F)cn2)c1OC. The molecule has 0 radical (unpaired) electrons. The maximum Gasteiger partial charge on any atom is 0.254 e. The minimum absolute atomic E-state index is 0.277. The standard InChI is InChI=1S/C22H21FN6O3/c1-25-20(30)14-11-26-17(22(6-7-22)21(24)31)8-16(14)29-15-5-3-4-13(18(15)32-2)19-27-9-12(23)10-28-19/h3-5,8-11H,6-7H2,1-2H3,(H2,24,31)(H,25,30)(H,26,29). The van der Waals surface area contributed by atoms with Gasteiger partial charge in [-0.1, -0.05) is 6.07 Å². The lowest BCUT2D eigenvalue weighted by Crippen LogP contribution is -2.29. The lowest BCUT2D eigenvalue weighted by Gasteiger charge is -2.18. The van der Waals surface area contributed by atoms with E-state index in [0.29, 0.717) is 41.2 Å². The maximum absolute atomic E-state index is 13.3. The van der Waals surface area contributed by atoms with Crippen molar-refractivity contribution in [2.75, 3.05) is 19.5 Å². The largest absolute Gasteiger partial charge is 0.494 e. The predicted molar refractivity (Wildman–Crippen MR) is 115 cm³/mol. The highest BCUT2D eigenvalue weighted by molar-refractivity contribution is 6.00. The number of aromatic nitrogens is 3. The highest BCUT2D eigenvalue weighted by atomic mass is 19.1. The van der Waals surface area contributed by atoms with Crippen molar-refractivity contribution in [2.24, 2.45) is 5.73 Å². The molecule has 0 spiro atoms. The summed E-state index contributed by atoms with van der Waals surface area (Å²) in [5.74, 6) is -0.676. The quantitative estimate of drug-likeness (QED) is 0.518. The summed E-state index contributed by atoms with van der Waals surface area (Å²) in [5.41, 5.74) is 7.03. The molecule has 2 aromatic heterocycles. The lowest BCUT2D eigenvalue weighted by molar-refractivity contribution is -0.120. The van der Waals surface area contributed by atoms with Crippen LogP contribution in [0.4, 0.5) is 15.8 Å². The Bertz CT molecular complexity index is 1190. The van der Waals surface area contributed by atoms with Gasteiger partial charge in [0.2, 0.25) is 5.91 Å². The molecule has 2 heterocycles. The minimum atomic E-state index is -0.814. The number of pyridine rings is 1. The Labute approximate surface area is 183 Å². The lowest BCUT2D eigenvalue weighted by atomic mass is 9.99. The zero-order valence-corrected chi connectivity index (χ0v) is 17.5. The van der Waals surface area contributed by atoms with Crippen LogP contribution >= 0.6 is 0 Å². The van der Waals surface area contributed by atoms with Crippen molar-refractivity contribution in [2.45, 2.75) is 18.3 Å². The van der Waals surface area contributed by atoms with Crippen LogP contribution in [0.5, 0.6) is 5.75 Å². The van der Waals surface area contributed by atoms with Crippen molar-refractivity contribution < 1.29 is 18.7 Å². The third kappa shape index (κ3) is 3.70. The Morgan fingerprint density at radius 1 is 1.12 bits per heavy atom. The topological polar surface area (TPSA) is 132 Å². The number of ether oxygens (including phenoxy) is 1. The van der Waals surface area contributed by atoms with Gasteiger partial charge in [0, 0.05) is 13.2 Å². The molecular weight excluding hydrogens is 415 g/mol. The average Bonchev–Trinajstić information content (AvgIpc) is 3.61. The first-order chi connectivity index (χ1) is 15.4. The van der Waals surface area contributed by atoms with E-state index in [9.17, 15) is 14.0 Å². The van der Waals surface area contributed by atoms with Gasteiger partial charge < -0.3 is 21.1 Å².